The summed E-state index contributed by atoms with van der Waals surface area (Å²) >= 11 is 9.66. The lowest BCUT2D eigenvalue weighted by molar-refractivity contribution is 0.532. The average molecular weight is 342 g/mol. The molecule has 0 N–H and O–H groups in total. The summed E-state index contributed by atoms with van der Waals surface area (Å²) in [5.41, 5.74) is 1.93. The first-order chi connectivity index (χ1) is 9.06. The van der Waals surface area contributed by atoms with E-state index in [0.29, 0.717) is 22.9 Å². The van der Waals surface area contributed by atoms with Gasteiger partial charge in [0, 0.05) is 18.2 Å². The van der Waals surface area contributed by atoms with Gasteiger partial charge in [-0.1, -0.05) is 11.6 Å². The Morgan fingerprint density at radius 3 is 2.68 bits per heavy atom. The molecule has 1 saturated carbocycles. The van der Waals surface area contributed by atoms with Crippen LogP contribution in [0, 0.1) is 0 Å². The molecule has 3 rings (SSSR count). The Bertz CT molecular complexity index is 619. The van der Waals surface area contributed by atoms with Gasteiger partial charge in [-0.3, -0.25) is 4.68 Å². The predicted octanol–water partition coefficient (Wildman–Crippen LogP) is 4.21. The van der Waals surface area contributed by atoms with Gasteiger partial charge in [-0.2, -0.15) is 5.10 Å². The van der Waals surface area contributed by atoms with Crippen molar-refractivity contribution in [2.75, 3.05) is 0 Å². The number of halogens is 2. The van der Waals surface area contributed by atoms with Crippen LogP contribution >= 0.6 is 27.5 Å². The van der Waals surface area contributed by atoms with Gasteiger partial charge in [0.15, 0.2) is 5.82 Å². The van der Waals surface area contributed by atoms with Crippen LogP contribution in [0.25, 0.3) is 11.4 Å². The molecule has 100 valence electrons. The van der Waals surface area contributed by atoms with E-state index in [1.807, 2.05) is 10.9 Å². The molecular weight excluding hydrogens is 328 g/mol. The quantitative estimate of drug-likeness (QED) is 0.785. The molecule has 2 heterocycles. The Morgan fingerprint density at radius 1 is 1.37 bits per heavy atom. The van der Waals surface area contributed by atoms with Crippen LogP contribution in [0.5, 0.6) is 0 Å². The normalized spacial score (nSPS) is 15.2. The van der Waals surface area contributed by atoms with Crippen molar-refractivity contribution in [3.63, 3.8) is 0 Å². The molecule has 6 heteroatoms. The molecule has 1 aliphatic rings. The molecular formula is C13H14BrClN4. The first-order valence-corrected chi connectivity index (χ1v) is 7.51. The Balaban J connectivity index is 2.04. The maximum Gasteiger partial charge on any atom is 0.164 e. The SMILES string of the molecule is CC(C)n1cc(-c2nc(Cl)c(Br)c(C3CC3)n2)cn1. The molecule has 0 radical (unpaired) electrons. The lowest BCUT2D eigenvalue weighted by atomic mass is 10.2. The first-order valence-electron chi connectivity index (χ1n) is 6.33. The average Bonchev–Trinajstić information content (AvgIpc) is 3.08. The van der Waals surface area contributed by atoms with E-state index in [4.69, 9.17) is 11.6 Å². The van der Waals surface area contributed by atoms with Crippen LogP contribution in [-0.4, -0.2) is 19.7 Å². The van der Waals surface area contributed by atoms with Crippen LogP contribution in [0.1, 0.15) is 44.3 Å². The minimum absolute atomic E-state index is 0.322. The van der Waals surface area contributed by atoms with Gasteiger partial charge >= 0.3 is 0 Å². The van der Waals surface area contributed by atoms with Crippen LogP contribution < -0.4 is 0 Å². The fraction of sp³-hybridized carbons (Fsp3) is 0.462. The smallest absolute Gasteiger partial charge is 0.164 e. The van der Waals surface area contributed by atoms with Gasteiger partial charge in [-0.05, 0) is 42.6 Å². The predicted molar refractivity (Wildman–Crippen MR) is 78.3 cm³/mol. The zero-order valence-corrected chi connectivity index (χ0v) is 13.1. The number of nitrogens with zero attached hydrogens (tertiary/aromatic N) is 4. The van der Waals surface area contributed by atoms with Crippen molar-refractivity contribution in [3.05, 3.63) is 27.7 Å². The van der Waals surface area contributed by atoms with Crippen molar-refractivity contribution in [2.45, 2.75) is 38.6 Å². The van der Waals surface area contributed by atoms with Gasteiger partial charge in [0.1, 0.15) is 5.15 Å². The highest BCUT2D eigenvalue weighted by Gasteiger charge is 2.29. The Morgan fingerprint density at radius 2 is 2.11 bits per heavy atom. The summed E-state index contributed by atoms with van der Waals surface area (Å²) in [5.74, 6) is 1.18. The number of aromatic nitrogens is 4. The van der Waals surface area contributed by atoms with Crippen LogP contribution in [0.2, 0.25) is 5.15 Å². The zero-order valence-electron chi connectivity index (χ0n) is 10.8. The maximum absolute atomic E-state index is 6.18. The zero-order chi connectivity index (χ0) is 13.6. The monoisotopic (exact) mass is 340 g/mol. The molecule has 0 spiro atoms. The molecule has 0 aromatic carbocycles. The molecule has 19 heavy (non-hydrogen) atoms. The number of rotatable bonds is 3. The molecule has 1 fully saturated rings. The van der Waals surface area contributed by atoms with E-state index in [1.54, 1.807) is 6.20 Å². The van der Waals surface area contributed by atoms with E-state index >= 15 is 0 Å². The fourth-order valence-electron chi connectivity index (χ4n) is 1.93. The largest absolute Gasteiger partial charge is 0.270 e. The second-order valence-corrected chi connectivity index (χ2v) is 6.27. The van der Waals surface area contributed by atoms with E-state index in [0.717, 1.165) is 15.7 Å². The topological polar surface area (TPSA) is 43.6 Å². The molecule has 1 aliphatic carbocycles. The van der Waals surface area contributed by atoms with E-state index in [2.05, 4.69) is 44.8 Å². The number of hydrogen-bond donors (Lipinski definition) is 0. The summed E-state index contributed by atoms with van der Waals surface area (Å²) in [6, 6.07) is 0.322. The second-order valence-electron chi connectivity index (χ2n) is 5.11. The van der Waals surface area contributed by atoms with Crippen molar-refractivity contribution in [1.29, 1.82) is 0 Å². The van der Waals surface area contributed by atoms with Crippen LogP contribution in [-0.2, 0) is 0 Å². The molecule has 0 aliphatic heterocycles. The van der Waals surface area contributed by atoms with Crippen molar-refractivity contribution >= 4 is 27.5 Å². The van der Waals surface area contributed by atoms with Gasteiger partial charge in [0.25, 0.3) is 0 Å². The van der Waals surface area contributed by atoms with E-state index < -0.39 is 0 Å². The van der Waals surface area contributed by atoms with Gasteiger partial charge < -0.3 is 0 Å². The summed E-state index contributed by atoms with van der Waals surface area (Å²) in [6.45, 7) is 4.17. The van der Waals surface area contributed by atoms with E-state index in [1.165, 1.54) is 12.8 Å². The third kappa shape index (κ3) is 2.54. The minimum atomic E-state index is 0.322. The molecule has 0 amide bonds. The van der Waals surface area contributed by atoms with Crippen molar-refractivity contribution in [1.82, 2.24) is 19.7 Å². The Labute approximate surface area is 125 Å². The van der Waals surface area contributed by atoms with Crippen LogP contribution in [0.15, 0.2) is 16.9 Å². The third-order valence-corrected chi connectivity index (χ3v) is 4.47. The maximum atomic E-state index is 6.18. The molecule has 0 bridgehead atoms. The van der Waals surface area contributed by atoms with Crippen molar-refractivity contribution in [3.8, 4) is 11.4 Å². The summed E-state index contributed by atoms with van der Waals surface area (Å²) in [6.07, 6.45) is 6.10. The minimum Gasteiger partial charge on any atom is -0.270 e. The highest BCUT2D eigenvalue weighted by Crippen LogP contribution is 2.44. The summed E-state index contributed by atoms with van der Waals surface area (Å²) < 4.78 is 2.72. The molecule has 4 nitrogen and oxygen atoms in total. The van der Waals surface area contributed by atoms with Crippen molar-refractivity contribution in [2.24, 2.45) is 0 Å². The molecule has 0 atom stereocenters. The number of hydrogen-bond acceptors (Lipinski definition) is 3. The lowest BCUT2D eigenvalue weighted by Crippen LogP contribution is -2.00. The Hall–Kier alpha value is -0.940. The highest BCUT2D eigenvalue weighted by atomic mass is 79.9. The highest BCUT2D eigenvalue weighted by molar-refractivity contribution is 9.10. The molecule has 2 aromatic rings. The third-order valence-electron chi connectivity index (χ3n) is 3.19. The van der Waals surface area contributed by atoms with Gasteiger partial charge in [0.05, 0.1) is 21.9 Å². The van der Waals surface area contributed by atoms with E-state index in [9.17, 15) is 0 Å². The van der Waals surface area contributed by atoms with Crippen LogP contribution in [0.3, 0.4) is 0 Å². The molecule has 0 saturated heterocycles. The second kappa shape index (κ2) is 4.87. The molecule has 0 unspecified atom stereocenters. The summed E-state index contributed by atoms with van der Waals surface area (Å²) in [4.78, 5) is 8.98. The first kappa shape index (κ1) is 13.1. The standard InChI is InChI=1S/C13H14BrClN4/c1-7(2)19-6-9(5-16-19)13-17-11(8-3-4-8)10(14)12(15)18-13/h5-8H,3-4H2,1-2H3. The lowest BCUT2D eigenvalue weighted by Gasteiger charge is -2.06. The molecule has 2 aromatic heterocycles. The summed E-state index contributed by atoms with van der Waals surface area (Å²) in [7, 11) is 0. The fourth-order valence-corrected chi connectivity index (χ4v) is 2.61. The van der Waals surface area contributed by atoms with Crippen molar-refractivity contribution < 1.29 is 0 Å². The van der Waals surface area contributed by atoms with Gasteiger partial charge in [-0.25, -0.2) is 9.97 Å². The van der Waals surface area contributed by atoms with Gasteiger partial charge in [-0.15, -0.1) is 0 Å². The Kier molecular flexibility index (Phi) is 3.35. The van der Waals surface area contributed by atoms with Gasteiger partial charge in [0.2, 0.25) is 0 Å². The van der Waals surface area contributed by atoms with E-state index in [-0.39, 0.29) is 0 Å². The van der Waals surface area contributed by atoms with Crippen LogP contribution in [0.4, 0.5) is 0 Å². The summed E-state index contributed by atoms with van der Waals surface area (Å²) in [5, 5.41) is 4.79.